The lowest BCUT2D eigenvalue weighted by Gasteiger charge is -2.36. The molecule has 400 valence electrons. The highest BCUT2D eigenvalue weighted by molar-refractivity contribution is 14.0. The SMILES string of the molecule is I.N[C@H](CN1CCC1)[C@H](O)c1ccc(OC2CC2)c(Cl)c1.O=C(N[C@H](CN1CCC1)[C@H](O)c1ccc(OC2CC2)c(Cl)c1)C(=O)c1ccc(-c2ccc(F)cc2)cc1.O=C(O)C(=O)c1ccc(-c2ccc(F)cc2)cc1. The van der Waals surface area contributed by atoms with E-state index in [0.29, 0.717) is 39.8 Å². The molecule has 18 heteroatoms. The number of aliphatic hydroxyl groups is 2. The fourth-order valence-electron chi connectivity index (χ4n) is 8.23. The quantitative estimate of drug-likeness (QED) is 0.0293. The van der Waals surface area contributed by atoms with Gasteiger partial charge in [0.15, 0.2) is 0 Å². The number of carboxylic acids is 1. The van der Waals surface area contributed by atoms with Crippen LogP contribution in [-0.4, -0.2) is 112 Å². The van der Waals surface area contributed by atoms with E-state index in [-0.39, 0.29) is 58.9 Å². The van der Waals surface area contributed by atoms with Crippen LogP contribution in [0.1, 0.15) is 82.6 Å². The van der Waals surface area contributed by atoms with Gasteiger partial charge < -0.3 is 45.6 Å². The Hall–Kier alpha value is -5.83. The van der Waals surface area contributed by atoms with Crippen LogP contribution in [0.4, 0.5) is 8.78 Å². The number of carbonyl (C=O) groups excluding carboxylic acids is 3. The molecule has 4 atom stereocenters. The van der Waals surface area contributed by atoms with Crippen molar-refractivity contribution in [1.29, 1.82) is 0 Å². The Morgan fingerprint density at radius 2 is 0.961 bits per heavy atom. The number of aliphatic carboxylic acids is 1. The van der Waals surface area contributed by atoms with Gasteiger partial charge in [-0.1, -0.05) is 108 Å². The average molecular weight is 1190 g/mol. The molecule has 0 spiro atoms. The number of carboxylic acid groups (broad SMARTS) is 1. The van der Waals surface area contributed by atoms with Gasteiger partial charge in [-0.15, -0.1) is 24.0 Å². The Morgan fingerprint density at radius 3 is 1.33 bits per heavy atom. The number of likely N-dealkylation sites (tertiary alicyclic amines) is 2. The predicted molar refractivity (Wildman–Crippen MR) is 298 cm³/mol. The van der Waals surface area contributed by atoms with Gasteiger partial charge >= 0.3 is 5.97 Å². The molecule has 0 radical (unpaired) electrons. The lowest BCUT2D eigenvalue weighted by molar-refractivity contribution is -0.131. The van der Waals surface area contributed by atoms with Gasteiger partial charge in [-0.3, -0.25) is 14.4 Å². The summed E-state index contributed by atoms with van der Waals surface area (Å²) in [5.74, 6) is -3.30. The topological polar surface area (TPSA) is 192 Å². The number of ketones is 2. The molecule has 2 aliphatic carbocycles. The van der Waals surface area contributed by atoms with E-state index in [2.05, 4.69) is 15.1 Å². The Morgan fingerprint density at radius 1 is 0.579 bits per heavy atom. The van der Waals surface area contributed by atoms with Crippen LogP contribution in [0.3, 0.4) is 0 Å². The molecule has 6 aromatic carbocycles. The minimum atomic E-state index is -1.48. The minimum Gasteiger partial charge on any atom is -0.489 e. The average Bonchev–Trinajstić information content (AvgIpc) is 4.35. The molecule has 0 unspecified atom stereocenters. The predicted octanol–water partition coefficient (Wildman–Crippen LogP) is 10.1. The molecule has 4 fully saturated rings. The maximum absolute atomic E-state index is 13.2. The van der Waals surface area contributed by atoms with Gasteiger partial charge in [0.1, 0.15) is 29.2 Å². The first kappa shape index (κ1) is 57.9. The summed E-state index contributed by atoms with van der Waals surface area (Å²) in [5.41, 5.74) is 10.9. The number of carbonyl (C=O) groups is 4. The summed E-state index contributed by atoms with van der Waals surface area (Å²) in [6.07, 6.45) is 5.24. The maximum atomic E-state index is 13.2. The van der Waals surface area contributed by atoms with Crippen molar-refractivity contribution < 1.29 is 52.8 Å². The van der Waals surface area contributed by atoms with Gasteiger partial charge in [0.25, 0.3) is 11.7 Å². The third-order valence-corrected chi connectivity index (χ3v) is 13.8. The second-order valence-electron chi connectivity index (χ2n) is 19.1. The molecule has 2 saturated heterocycles. The summed E-state index contributed by atoms with van der Waals surface area (Å²) >= 11 is 12.6. The van der Waals surface area contributed by atoms with E-state index in [1.807, 2.05) is 12.1 Å². The van der Waals surface area contributed by atoms with Crippen molar-refractivity contribution >= 4 is 70.6 Å². The molecule has 2 saturated carbocycles. The number of rotatable bonds is 19. The van der Waals surface area contributed by atoms with Crippen LogP contribution in [0.2, 0.25) is 10.0 Å². The third-order valence-electron chi connectivity index (χ3n) is 13.2. The van der Waals surface area contributed by atoms with Gasteiger partial charge in [0, 0.05) is 30.3 Å². The van der Waals surface area contributed by atoms with Gasteiger partial charge in [0.2, 0.25) is 5.78 Å². The Bertz CT molecular complexity index is 2940. The first-order valence-corrected chi connectivity index (χ1v) is 25.7. The zero-order valence-electron chi connectivity index (χ0n) is 41.3. The number of hydrogen-bond donors (Lipinski definition) is 5. The summed E-state index contributed by atoms with van der Waals surface area (Å²) in [4.78, 5) is 51.9. The molecule has 10 rings (SSSR count). The van der Waals surface area contributed by atoms with Crippen LogP contribution >= 0.6 is 47.2 Å². The van der Waals surface area contributed by atoms with Gasteiger partial charge in [0.05, 0.1) is 34.4 Å². The highest BCUT2D eigenvalue weighted by Crippen LogP contribution is 2.36. The number of ether oxygens (including phenoxy) is 2. The number of halogens is 5. The van der Waals surface area contributed by atoms with Crippen LogP contribution in [-0.2, 0) is 9.59 Å². The molecule has 6 aromatic rings. The molecular formula is C58H59Cl2F2IN4O9. The fourth-order valence-corrected chi connectivity index (χ4v) is 8.70. The molecule has 0 bridgehead atoms. The number of benzene rings is 6. The summed E-state index contributed by atoms with van der Waals surface area (Å²) in [5, 5.41) is 33.7. The largest absolute Gasteiger partial charge is 0.489 e. The van der Waals surface area contributed by atoms with Crippen molar-refractivity contribution in [1.82, 2.24) is 15.1 Å². The third kappa shape index (κ3) is 16.1. The second kappa shape index (κ2) is 27.0. The van der Waals surface area contributed by atoms with Crippen molar-refractivity contribution in [3.8, 4) is 33.8 Å². The number of nitrogens with one attached hydrogen (secondary N) is 1. The van der Waals surface area contributed by atoms with E-state index in [0.717, 1.165) is 92.6 Å². The Labute approximate surface area is 466 Å². The summed E-state index contributed by atoms with van der Waals surface area (Å²) in [6, 6.07) is 34.2. The number of nitrogens with zero attached hydrogens (tertiary/aromatic N) is 2. The first-order valence-electron chi connectivity index (χ1n) is 24.9. The summed E-state index contributed by atoms with van der Waals surface area (Å²) in [7, 11) is 0. The summed E-state index contributed by atoms with van der Waals surface area (Å²) in [6.45, 7) is 5.02. The van der Waals surface area contributed by atoms with E-state index in [1.54, 1.807) is 84.9 Å². The number of amides is 1. The standard InChI is InChI=1S/C29H28ClFN2O4.C15H21ClN2O2.C14H9FO3.HI/c30-24-16-21(8-13-26(24)37-23-11-12-23)27(34)25(17-33-14-1-15-33)32-29(36)28(35)20-4-2-18(3-5-20)19-6-9-22(31)10-7-19;16-12-8-10(2-5-14(12)20-11-3-4-11)15(19)13(17)9-18-6-1-7-18;15-12-7-5-10(6-8-12)9-1-3-11(4-2-9)13(16)14(17)18;/h2-10,13,16,23,25,27,34H,1,11-12,14-15,17H2,(H,32,36);2,5,8,11,13,15,19H,1,3-4,6-7,9,17H2;1-8H,(H,17,18);1H/t25-,27-;13-,15-;;/m11../s1. The van der Waals surface area contributed by atoms with Crippen LogP contribution < -0.4 is 20.5 Å². The monoisotopic (exact) mass is 1190 g/mol. The first-order chi connectivity index (χ1) is 36.1. The molecule has 0 aromatic heterocycles. The van der Waals surface area contributed by atoms with E-state index in [1.165, 1.54) is 42.8 Å². The smallest absolute Gasteiger partial charge is 0.377 e. The molecular weight excluding hydrogens is 1130 g/mol. The lowest BCUT2D eigenvalue weighted by atomic mass is 9.99. The summed E-state index contributed by atoms with van der Waals surface area (Å²) < 4.78 is 37.4. The van der Waals surface area contributed by atoms with E-state index in [4.69, 9.17) is 43.5 Å². The molecule has 1 amide bonds. The zero-order valence-corrected chi connectivity index (χ0v) is 45.2. The van der Waals surface area contributed by atoms with Crippen molar-refractivity contribution in [2.45, 2.75) is 75.0 Å². The van der Waals surface area contributed by atoms with Crippen LogP contribution in [0.15, 0.2) is 133 Å². The molecule has 13 nitrogen and oxygen atoms in total. The lowest BCUT2D eigenvalue weighted by Crippen LogP contribution is -2.52. The molecule has 2 aliphatic heterocycles. The van der Waals surface area contributed by atoms with Gasteiger partial charge in [-0.05, 0) is 147 Å². The van der Waals surface area contributed by atoms with Crippen LogP contribution in [0.25, 0.3) is 22.3 Å². The van der Waals surface area contributed by atoms with Crippen molar-refractivity contribution in [2.75, 3.05) is 39.3 Å². The Kier molecular flexibility index (Phi) is 20.5. The molecule has 76 heavy (non-hydrogen) atoms. The minimum absolute atomic E-state index is 0. The molecule has 4 aliphatic rings. The highest BCUT2D eigenvalue weighted by atomic mass is 127. The van der Waals surface area contributed by atoms with Crippen molar-refractivity contribution in [2.24, 2.45) is 5.73 Å². The fraction of sp³-hybridized carbons (Fsp3) is 0.310. The van der Waals surface area contributed by atoms with Crippen LogP contribution in [0, 0.1) is 11.6 Å². The second-order valence-corrected chi connectivity index (χ2v) is 19.9. The van der Waals surface area contributed by atoms with E-state index >= 15 is 0 Å². The maximum Gasteiger partial charge on any atom is 0.377 e. The van der Waals surface area contributed by atoms with E-state index < -0.39 is 41.7 Å². The van der Waals surface area contributed by atoms with Crippen LogP contribution in [0.5, 0.6) is 11.5 Å². The highest BCUT2D eigenvalue weighted by Gasteiger charge is 2.31. The van der Waals surface area contributed by atoms with Crippen molar-refractivity contribution in [3.63, 3.8) is 0 Å². The van der Waals surface area contributed by atoms with Gasteiger partial charge in [-0.2, -0.15) is 0 Å². The number of nitrogens with two attached hydrogens (primary N) is 1. The number of Topliss-reactive ketones (excluding diaryl/α,β-unsaturated/α-hetero) is 2. The normalized spacial score (nSPS) is 16.5. The number of aliphatic hydroxyl groups excluding tert-OH is 2. The molecule has 2 heterocycles. The Balaban J connectivity index is 0.000000182. The van der Waals surface area contributed by atoms with E-state index in [9.17, 15) is 38.2 Å². The van der Waals surface area contributed by atoms with Gasteiger partial charge in [-0.25, -0.2) is 13.6 Å². The molecule has 6 N–H and O–H groups in total. The zero-order chi connectivity index (χ0) is 53.2. The van der Waals surface area contributed by atoms with Crippen molar-refractivity contribution in [3.05, 3.63) is 177 Å². The number of hydrogen-bond acceptors (Lipinski definition) is 11.